The fourth-order valence-electron chi connectivity index (χ4n) is 3.06. The molecule has 0 atom stereocenters. The van der Waals surface area contributed by atoms with E-state index in [1.165, 1.54) is 0 Å². The van der Waals surface area contributed by atoms with Gasteiger partial charge in [0.25, 0.3) is 5.91 Å². The van der Waals surface area contributed by atoms with Crippen LogP contribution >= 0.6 is 11.8 Å². The number of para-hydroxylation sites is 1. The molecule has 28 heavy (non-hydrogen) atoms. The summed E-state index contributed by atoms with van der Waals surface area (Å²) in [4.78, 5) is 15.6. The van der Waals surface area contributed by atoms with Crippen LogP contribution in [0, 0.1) is 0 Å². The Morgan fingerprint density at radius 3 is 2.32 bits per heavy atom. The maximum Gasteiger partial charge on any atom is 0.255 e. The van der Waals surface area contributed by atoms with E-state index in [-0.39, 0.29) is 11.7 Å². The van der Waals surface area contributed by atoms with Gasteiger partial charge < -0.3 is 10.2 Å². The van der Waals surface area contributed by atoms with E-state index in [2.05, 4.69) is 10.2 Å². The lowest BCUT2D eigenvalue weighted by atomic mass is 10.1. The molecule has 1 amide bonds. The number of hydrogen-bond acceptors (Lipinski definition) is 5. The van der Waals surface area contributed by atoms with Crippen LogP contribution < -0.4 is 5.32 Å². The minimum Gasteiger partial charge on any atom is -0.321 e. The Labute approximate surface area is 171 Å². The number of rotatable bonds is 6. The van der Waals surface area contributed by atoms with Crippen LogP contribution in [-0.2, 0) is 15.8 Å². The molecule has 1 aliphatic heterocycles. The molecule has 0 radical (unpaired) electrons. The van der Waals surface area contributed by atoms with Crippen LogP contribution in [-0.4, -0.2) is 63.0 Å². The summed E-state index contributed by atoms with van der Waals surface area (Å²) in [5.41, 5.74) is 1.94. The number of amides is 1. The highest BCUT2D eigenvalue weighted by atomic mass is 32.2. The summed E-state index contributed by atoms with van der Waals surface area (Å²) in [7, 11) is -1.36. The van der Waals surface area contributed by atoms with Gasteiger partial charge in [0, 0.05) is 36.6 Å². The average molecular weight is 420 g/mol. The van der Waals surface area contributed by atoms with Crippen molar-refractivity contribution in [3.8, 4) is 0 Å². The van der Waals surface area contributed by atoms with E-state index >= 15 is 0 Å². The maximum atomic E-state index is 12.6. The normalized spacial score (nSPS) is 16.1. The van der Waals surface area contributed by atoms with E-state index in [4.69, 9.17) is 0 Å². The standard InChI is InChI=1S/C20H25N3O3S2/c1-22-11-13-23(14-12-22)28(25,26)15-16-7-9-17(10-8-16)20(24)21-18-5-3-4-6-19(18)27-2/h3-10H,11-15H2,1-2H3,(H,21,24). The molecule has 6 nitrogen and oxygen atoms in total. The number of nitrogens with one attached hydrogen (secondary N) is 1. The van der Waals surface area contributed by atoms with Crippen molar-refractivity contribution in [2.45, 2.75) is 10.6 Å². The molecule has 3 rings (SSSR count). The van der Waals surface area contributed by atoms with Crippen LogP contribution in [0.1, 0.15) is 15.9 Å². The number of anilines is 1. The third-order valence-corrected chi connectivity index (χ3v) is 7.42. The molecule has 0 aliphatic carbocycles. The van der Waals surface area contributed by atoms with E-state index < -0.39 is 10.0 Å². The van der Waals surface area contributed by atoms with E-state index in [1.807, 2.05) is 37.6 Å². The third-order valence-electron chi connectivity index (χ3n) is 4.78. The summed E-state index contributed by atoms with van der Waals surface area (Å²) >= 11 is 1.57. The number of benzene rings is 2. The number of likely N-dealkylation sites (N-methyl/N-ethyl adjacent to an activating group) is 1. The van der Waals surface area contributed by atoms with Crippen LogP contribution in [0.25, 0.3) is 0 Å². The van der Waals surface area contributed by atoms with Crippen molar-refractivity contribution in [2.75, 3.05) is 44.8 Å². The van der Waals surface area contributed by atoms with Gasteiger partial charge in [0.1, 0.15) is 0 Å². The first-order valence-corrected chi connectivity index (χ1v) is 11.9. The number of carbonyl (C=O) groups is 1. The fraction of sp³-hybridized carbons (Fsp3) is 0.350. The van der Waals surface area contributed by atoms with Crippen molar-refractivity contribution in [2.24, 2.45) is 0 Å². The molecule has 0 bridgehead atoms. The molecular weight excluding hydrogens is 394 g/mol. The van der Waals surface area contributed by atoms with Gasteiger partial charge in [-0.25, -0.2) is 8.42 Å². The van der Waals surface area contributed by atoms with Crippen molar-refractivity contribution in [3.63, 3.8) is 0 Å². The fourth-order valence-corrected chi connectivity index (χ4v) is 5.13. The summed E-state index contributed by atoms with van der Waals surface area (Å²) in [5, 5.41) is 2.91. The molecule has 0 spiro atoms. The van der Waals surface area contributed by atoms with Gasteiger partial charge in [0.15, 0.2) is 0 Å². The van der Waals surface area contributed by atoms with Crippen LogP contribution in [0.2, 0.25) is 0 Å². The van der Waals surface area contributed by atoms with Crippen molar-refractivity contribution >= 4 is 33.4 Å². The number of nitrogens with zero attached hydrogens (tertiary/aromatic N) is 2. The van der Waals surface area contributed by atoms with Crippen LogP contribution in [0.3, 0.4) is 0 Å². The third kappa shape index (κ3) is 5.14. The molecule has 0 aromatic heterocycles. The summed E-state index contributed by atoms with van der Waals surface area (Å²) in [6, 6.07) is 14.4. The zero-order chi connectivity index (χ0) is 20.1. The first kappa shape index (κ1) is 20.9. The lowest BCUT2D eigenvalue weighted by molar-refractivity contribution is 0.102. The highest BCUT2D eigenvalue weighted by molar-refractivity contribution is 7.98. The zero-order valence-corrected chi connectivity index (χ0v) is 17.7. The predicted octanol–water partition coefficient (Wildman–Crippen LogP) is 2.74. The number of piperazine rings is 1. The largest absolute Gasteiger partial charge is 0.321 e. The topological polar surface area (TPSA) is 69.7 Å². The van der Waals surface area contributed by atoms with Crippen molar-refractivity contribution in [1.82, 2.24) is 9.21 Å². The minimum atomic E-state index is -3.35. The van der Waals surface area contributed by atoms with Gasteiger partial charge in [-0.05, 0) is 43.1 Å². The molecular formula is C20H25N3O3S2. The molecule has 150 valence electrons. The summed E-state index contributed by atoms with van der Waals surface area (Å²) in [6.07, 6.45) is 1.96. The van der Waals surface area contributed by atoms with E-state index in [1.54, 1.807) is 40.3 Å². The number of sulfonamides is 1. The van der Waals surface area contributed by atoms with Gasteiger partial charge >= 0.3 is 0 Å². The summed E-state index contributed by atoms with van der Waals surface area (Å²) in [6.45, 7) is 2.54. The second-order valence-electron chi connectivity index (χ2n) is 6.81. The van der Waals surface area contributed by atoms with Crippen LogP contribution in [0.5, 0.6) is 0 Å². The quantitative estimate of drug-likeness (QED) is 0.729. The van der Waals surface area contributed by atoms with Gasteiger partial charge in [0.2, 0.25) is 10.0 Å². The second kappa shape index (κ2) is 9.09. The number of hydrogen-bond donors (Lipinski definition) is 1. The zero-order valence-electron chi connectivity index (χ0n) is 16.1. The Morgan fingerprint density at radius 2 is 1.68 bits per heavy atom. The maximum absolute atomic E-state index is 12.6. The van der Waals surface area contributed by atoms with E-state index in [0.29, 0.717) is 24.2 Å². The average Bonchev–Trinajstić information content (AvgIpc) is 2.69. The first-order valence-electron chi connectivity index (χ1n) is 9.09. The first-order chi connectivity index (χ1) is 13.4. The second-order valence-corrected chi connectivity index (χ2v) is 9.63. The number of carbonyl (C=O) groups excluding carboxylic acids is 1. The molecule has 0 unspecified atom stereocenters. The highest BCUT2D eigenvalue weighted by Gasteiger charge is 2.25. The Bertz CT molecular complexity index is 922. The van der Waals surface area contributed by atoms with Crippen LogP contribution in [0.4, 0.5) is 5.69 Å². The molecule has 1 N–H and O–H groups in total. The molecule has 1 aliphatic rings. The van der Waals surface area contributed by atoms with Gasteiger partial charge in [0.05, 0.1) is 11.4 Å². The monoisotopic (exact) mass is 419 g/mol. The molecule has 2 aromatic rings. The van der Waals surface area contributed by atoms with Crippen molar-refractivity contribution in [1.29, 1.82) is 0 Å². The summed E-state index contributed by atoms with van der Waals surface area (Å²) < 4.78 is 26.8. The highest BCUT2D eigenvalue weighted by Crippen LogP contribution is 2.25. The van der Waals surface area contributed by atoms with Crippen molar-refractivity contribution < 1.29 is 13.2 Å². The molecule has 0 saturated carbocycles. The smallest absolute Gasteiger partial charge is 0.255 e. The Morgan fingerprint density at radius 1 is 1.04 bits per heavy atom. The molecule has 1 saturated heterocycles. The predicted molar refractivity (Wildman–Crippen MR) is 114 cm³/mol. The molecule has 2 aromatic carbocycles. The SMILES string of the molecule is CSc1ccccc1NC(=O)c1ccc(CS(=O)(=O)N2CCN(C)CC2)cc1. The Kier molecular flexibility index (Phi) is 6.77. The lowest BCUT2D eigenvalue weighted by Gasteiger charge is -2.31. The van der Waals surface area contributed by atoms with Gasteiger partial charge in [-0.3, -0.25) is 4.79 Å². The molecule has 1 fully saturated rings. The minimum absolute atomic E-state index is 0.0477. The number of thioether (sulfide) groups is 1. The van der Waals surface area contributed by atoms with Gasteiger partial charge in [-0.2, -0.15) is 4.31 Å². The van der Waals surface area contributed by atoms with Crippen molar-refractivity contribution in [3.05, 3.63) is 59.7 Å². The summed E-state index contributed by atoms with van der Waals surface area (Å²) in [5.74, 6) is -0.261. The molecule has 1 heterocycles. The van der Waals surface area contributed by atoms with E-state index in [0.717, 1.165) is 23.7 Å². The van der Waals surface area contributed by atoms with Gasteiger partial charge in [-0.15, -0.1) is 11.8 Å². The van der Waals surface area contributed by atoms with Gasteiger partial charge in [-0.1, -0.05) is 24.3 Å². The lowest BCUT2D eigenvalue weighted by Crippen LogP contribution is -2.47. The Balaban J connectivity index is 1.65. The molecule has 8 heteroatoms. The van der Waals surface area contributed by atoms with E-state index in [9.17, 15) is 13.2 Å². The Hall–Kier alpha value is -1.87. The van der Waals surface area contributed by atoms with Crippen LogP contribution in [0.15, 0.2) is 53.4 Å².